The number of hydrogen-bond donors (Lipinski definition) is 2. The van der Waals surface area contributed by atoms with Crippen molar-refractivity contribution in [3.8, 4) is 0 Å². The monoisotopic (exact) mass is 406 g/mol. The molecule has 1 aromatic carbocycles. The summed E-state index contributed by atoms with van der Waals surface area (Å²) >= 11 is 0. The molecule has 3 aliphatic heterocycles. The summed E-state index contributed by atoms with van der Waals surface area (Å²) in [6, 6.07) is 2.61. The van der Waals surface area contributed by atoms with E-state index < -0.39 is 11.6 Å². The predicted octanol–water partition coefficient (Wildman–Crippen LogP) is 2.65. The Bertz CT molecular complexity index is 766. The van der Waals surface area contributed by atoms with Crippen LogP contribution < -0.4 is 15.5 Å². The van der Waals surface area contributed by atoms with Crippen molar-refractivity contribution < 1.29 is 13.6 Å². The lowest BCUT2D eigenvalue weighted by Gasteiger charge is -2.46. The highest BCUT2D eigenvalue weighted by atomic mass is 19.1. The smallest absolute Gasteiger partial charge is 0.240 e. The summed E-state index contributed by atoms with van der Waals surface area (Å²) in [5, 5.41) is 6.38. The minimum absolute atomic E-state index is 0.0616. The molecule has 1 spiro atoms. The predicted molar refractivity (Wildman–Crippen MR) is 110 cm³/mol. The Balaban J connectivity index is 1.50. The van der Waals surface area contributed by atoms with E-state index in [4.69, 9.17) is 0 Å². The number of carbonyl (C=O) groups is 1. The van der Waals surface area contributed by atoms with Crippen molar-refractivity contribution in [2.45, 2.75) is 51.6 Å². The van der Waals surface area contributed by atoms with Gasteiger partial charge in [-0.2, -0.15) is 0 Å². The quantitative estimate of drug-likeness (QED) is 0.810. The van der Waals surface area contributed by atoms with Crippen LogP contribution >= 0.6 is 0 Å². The summed E-state index contributed by atoms with van der Waals surface area (Å²) in [6.07, 6.45) is 3.72. The second kappa shape index (κ2) is 7.84. The van der Waals surface area contributed by atoms with Crippen LogP contribution in [0, 0.1) is 17.0 Å². The fourth-order valence-corrected chi connectivity index (χ4v) is 4.83. The van der Waals surface area contributed by atoms with Crippen molar-refractivity contribution in [2.75, 3.05) is 44.2 Å². The molecule has 0 aliphatic carbocycles. The van der Waals surface area contributed by atoms with Gasteiger partial charge in [-0.15, -0.1) is 0 Å². The SMILES string of the molecule is CC1(C)CCN(Cc2cc(F)c(N3CC(=O)NC4(CCNCC4)C3)cc2F)CC1. The molecule has 3 saturated heterocycles. The molecule has 160 valence electrons. The Kier molecular flexibility index (Phi) is 5.55. The van der Waals surface area contributed by atoms with Crippen LogP contribution in [0.5, 0.6) is 0 Å². The standard InChI is InChI=1S/C22H32F2N4O/c1-21(2)5-9-27(10-6-21)13-16-11-18(24)19(12-17(16)23)28-14-20(29)26-22(15-28)3-7-25-8-4-22/h11-12,25H,3-10,13-15H2,1-2H3,(H,26,29). The molecule has 4 rings (SSSR count). The fourth-order valence-electron chi connectivity index (χ4n) is 4.83. The van der Waals surface area contributed by atoms with Crippen LogP contribution in [0.1, 0.15) is 45.1 Å². The molecule has 1 aromatic rings. The van der Waals surface area contributed by atoms with Gasteiger partial charge in [0.15, 0.2) is 0 Å². The topological polar surface area (TPSA) is 47.6 Å². The summed E-state index contributed by atoms with van der Waals surface area (Å²) in [7, 11) is 0. The zero-order valence-electron chi connectivity index (χ0n) is 17.5. The lowest BCUT2D eigenvalue weighted by molar-refractivity contribution is -0.123. The largest absolute Gasteiger partial charge is 0.357 e. The Labute approximate surface area is 171 Å². The molecule has 1 amide bonds. The highest BCUT2D eigenvalue weighted by Gasteiger charge is 2.40. The van der Waals surface area contributed by atoms with E-state index in [0.29, 0.717) is 24.1 Å². The third-order valence-electron chi connectivity index (χ3n) is 6.85. The van der Waals surface area contributed by atoms with Crippen molar-refractivity contribution in [2.24, 2.45) is 5.41 Å². The van der Waals surface area contributed by atoms with E-state index in [1.165, 1.54) is 12.1 Å². The van der Waals surface area contributed by atoms with Gasteiger partial charge in [-0.25, -0.2) is 8.78 Å². The van der Waals surface area contributed by atoms with Crippen LogP contribution in [0.2, 0.25) is 0 Å². The first-order valence-electron chi connectivity index (χ1n) is 10.7. The summed E-state index contributed by atoms with van der Waals surface area (Å²) in [4.78, 5) is 16.2. The molecule has 0 unspecified atom stereocenters. The maximum absolute atomic E-state index is 15.0. The normalized spacial score (nSPS) is 24.6. The van der Waals surface area contributed by atoms with E-state index in [2.05, 4.69) is 29.4 Å². The second-order valence-electron chi connectivity index (χ2n) is 9.77. The highest BCUT2D eigenvalue weighted by molar-refractivity contribution is 5.84. The van der Waals surface area contributed by atoms with Gasteiger partial charge in [-0.3, -0.25) is 9.69 Å². The van der Waals surface area contributed by atoms with Crippen molar-refractivity contribution in [1.82, 2.24) is 15.5 Å². The molecular weight excluding hydrogens is 374 g/mol. The van der Waals surface area contributed by atoms with E-state index in [9.17, 15) is 9.18 Å². The van der Waals surface area contributed by atoms with Crippen LogP contribution in [0.3, 0.4) is 0 Å². The maximum atomic E-state index is 15.0. The maximum Gasteiger partial charge on any atom is 0.240 e. The summed E-state index contributed by atoms with van der Waals surface area (Å²) in [5.41, 5.74) is 0.551. The van der Waals surface area contributed by atoms with E-state index in [1.807, 2.05) is 0 Å². The zero-order chi connectivity index (χ0) is 20.6. The number of benzene rings is 1. The molecule has 3 fully saturated rings. The number of halogens is 2. The number of hydrogen-bond acceptors (Lipinski definition) is 4. The molecule has 0 bridgehead atoms. The third kappa shape index (κ3) is 4.56. The summed E-state index contributed by atoms with van der Waals surface area (Å²) < 4.78 is 29.9. The Hall–Kier alpha value is -1.73. The molecule has 3 aliphatic rings. The number of anilines is 1. The Morgan fingerprint density at radius 3 is 2.41 bits per heavy atom. The van der Waals surface area contributed by atoms with E-state index in [-0.39, 0.29) is 23.7 Å². The van der Waals surface area contributed by atoms with Crippen LogP contribution in [0.15, 0.2) is 12.1 Å². The average Bonchev–Trinajstić information content (AvgIpc) is 2.66. The molecule has 5 nitrogen and oxygen atoms in total. The third-order valence-corrected chi connectivity index (χ3v) is 6.85. The Morgan fingerprint density at radius 1 is 1.03 bits per heavy atom. The average molecular weight is 407 g/mol. The molecule has 3 heterocycles. The van der Waals surface area contributed by atoms with E-state index in [0.717, 1.165) is 51.9 Å². The number of carbonyl (C=O) groups excluding carboxylic acids is 1. The molecular formula is C22H32F2N4O. The first kappa shape index (κ1) is 20.5. The van der Waals surface area contributed by atoms with Gasteiger partial charge in [0, 0.05) is 24.7 Å². The van der Waals surface area contributed by atoms with E-state index in [1.54, 1.807) is 4.90 Å². The van der Waals surface area contributed by atoms with Gasteiger partial charge < -0.3 is 15.5 Å². The molecule has 2 N–H and O–H groups in total. The first-order valence-corrected chi connectivity index (χ1v) is 10.7. The van der Waals surface area contributed by atoms with Crippen LogP contribution in [0.25, 0.3) is 0 Å². The van der Waals surface area contributed by atoms with Crippen LogP contribution in [-0.2, 0) is 11.3 Å². The lowest BCUT2D eigenvalue weighted by Crippen LogP contribution is -2.66. The van der Waals surface area contributed by atoms with Gasteiger partial charge in [0.25, 0.3) is 0 Å². The first-order chi connectivity index (χ1) is 13.8. The van der Waals surface area contributed by atoms with Crippen molar-refractivity contribution >= 4 is 11.6 Å². The highest BCUT2D eigenvalue weighted by Crippen LogP contribution is 2.32. The minimum atomic E-state index is -0.447. The van der Waals surface area contributed by atoms with Gasteiger partial charge in [0.2, 0.25) is 5.91 Å². The molecule has 7 heteroatoms. The van der Waals surface area contributed by atoms with Gasteiger partial charge in [0.05, 0.1) is 17.8 Å². The number of nitrogens with one attached hydrogen (secondary N) is 2. The van der Waals surface area contributed by atoms with Gasteiger partial charge in [0.1, 0.15) is 11.6 Å². The molecule has 0 radical (unpaired) electrons. The van der Waals surface area contributed by atoms with Gasteiger partial charge in [-0.05, 0) is 63.3 Å². The molecule has 0 aromatic heterocycles. The van der Waals surface area contributed by atoms with Crippen molar-refractivity contribution in [3.05, 3.63) is 29.3 Å². The number of piperidine rings is 2. The number of likely N-dealkylation sites (tertiary alicyclic amines) is 1. The number of amides is 1. The fraction of sp³-hybridized carbons (Fsp3) is 0.682. The van der Waals surface area contributed by atoms with Crippen LogP contribution in [0.4, 0.5) is 14.5 Å². The second-order valence-corrected chi connectivity index (χ2v) is 9.77. The lowest BCUT2D eigenvalue weighted by atomic mass is 9.82. The minimum Gasteiger partial charge on any atom is -0.357 e. The van der Waals surface area contributed by atoms with Crippen LogP contribution in [-0.4, -0.2) is 55.6 Å². The van der Waals surface area contributed by atoms with Crippen molar-refractivity contribution in [3.63, 3.8) is 0 Å². The molecule has 29 heavy (non-hydrogen) atoms. The van der Waals surface area contributed by atoms with E-state index >= 15 is 4.39 Å². The summed E-state index contributed by atoms with van der Waals surface area (Å²) in [6.45, 7) is 8.94. The number of piperazine rings is 1. The zero-order valence-corrected chi connectivity index (χ0v) is 17.5. The number of nitrogens with zero attached hydrogens (tertiary/aromatic N) is 2. The molecule has 0 atom stereocenters. The number of rotatable bonds is 3. The van der Waals surface area contributed by atoms with Gasteiger partial charge in [-0.1, -0.05) is 13.8 Å². The van der Waals surface area contributed by atoms with Gasteiger partial charge >= 0.3 is 0 Å². The summed E-state index contributed by atoms with van der Waals surface area (Å²) in [5.74, 6) is -0.966. The van der Waals surface area contributed by atoms with Crippen molar-refractivity contribution in [1.29, 1.82) is 0 Å². The molecule has 0 saturated carbocycles. The Morgan fingerprint density at radius 2 is 1.72 bits per heavy atom.